The summed E-state index contributed by atoms with van der Waals surface area (Å²) in [7, 11) is 0. The number of amides is 2. The van der Waals surface area contributed by atoms with E-state index in [4.69, 9.17) is 18.9 Å². The van der Waals surface area contributed by atoms with Gasteiger partial charge in [-0.15, -0.1) is 0 Å². The van der Waals surface area contributed by atoms with Gasteiger partial charge >= 0.3 is 24.1 Å². The molecule has 1 N–H and O–H groups in total. The van der Waals surface area contributed by atoms with Crippen molar-refractivity contribution in [2.45, 2.75) is 158 Å². The lowest BCUT2D eigenvalue weighted by molar-refractivity contribution is -0.163. The number of likely N-dealkylation sites (tertiary alicyclic amines) is 2. The van der Waals surface area contributed by atoms with Crippen LogP contribution in [-0.4, -0.2) is 100 Å². The van der Waals surface area contributed by atoms with Gasteiger partial charge in [-0.2, -0.15) is 0 Å². The van der Waals surface area contributed by atoms with E-state index in [2.05, 4.69) is 83.9 Å². The molecule has 0 aliphatic carbocycles. The van der Waals surface area contributed by atoms with Crippen LogP contribution in [0.15, 0.2) is 72.8 Å². The molecule has 0 bridgehead atoms. The van der Waals surface area contributed by atoms with Crippen LogP contribution in [0.25, 0.3) is 0 Å². The maximum Gasteiger partial charge on any atom is 0.410 e. The molecule has 4 atom stereocenters. The predicted molar refractivity (Wildman–Crippen MR) is 269 cm³/mol. The average molecular weight is 939 g/mol. The van der Waals surface area contributed by atoms with Gasteiger partial charge < -0.3 is 34.1 Å². The van der Waals surface area contributed by atoms with Crippen molar-refractivity contribution in [3.8, 4) is 0 Å². The highest BCUT2D eigenvalue weighted by Gasteiger charge is 2.41. The number of hydrogen-bond donors (Lipinski definition) is 1. The minimum absolute atomic E-state index is 0.0617. The van der Waals surface area contributed by atoms with E-state index in [1.54, 1.807) is 9.80 Å². The minimum atomic E-state index is -0.642. The first-order chi connectivity index (χ1) is 31.7. The molecule has 374 valence electrons. The molecule has 12 heteroatoms. The fraction of sp³-hybridized carbons (Fsp3) is 0.607. The number of aryl methyl sites for hydroxylation is 1. The van der Waals surface area contributed by atoms with Crippen LogP contribution in [0.4, 0.5) is 15.3 Å². The molecule has 0 radical (unpaired) electrons. The molecule has 12 nitrogen and oxygen atoms in total. The normalized spacial score (nSPS) is 17.7. The molecule has 2 aliphatic heterocycles. The largest absolute Gasteiger partial charge is 0.460 e. The van der Waals surface area contributed by atoms with Crippen LogP contribution < -0.4 is 5.32 Å². The topological polar surface area (TPSA) is 127 Å². The highest BCUT2D eigenvalue weighted by atomic mass is 16.6. The number of nitrogens with zero attached hydrogens (tertiary/aromatic N) is 3. The number of anilines is 1. The summed E-state index contributed by atoms with van der Waals surface area (Å²) in [6.45, 7) is 29.5. The molecule has 0 spiro atoms. The number of esters is 2. The number of ether oxygens (including phenoxy) is 4. The first kappa shape index (κ1) is 53.8. The van der Waals surface area contributed by atoms with Crippen molar-refractivity contribution in [2.24, 2.45) is 23.7 Å². The van der Waals surface area contributed by atoms with E-state index in [0.29, 0.717) is 65.0 Å². The number of carbonyl (C=O) groups is 4. The van der Waals surface area contributed by atoms with E-state index in [9.17, 15) is 19.2 Å². The molecule has 5 rings (SSSR count). The van der Waals surface area contributed by atoms with Gasteiger partial charge in [0, 0.05) is 58.0 Å². The second-order valence-corrected chi connectivity index (χ2v) is 23.0. The summed E-state index contributed by atoms with van der Waals surface area (Å²) >= 11 is 0. The summed E-state index contributed by atoms with van der Waals surface area (Å²) in [5, 5.41) is 3.67. The molecule has 2 fully saturated rings. The molecule has 0 saturated carbocycles. The summed E-state index contributed by atoms with van der Waals surface area (Å²) in [6, 6.07) is 25.5. The van der Waals surface area contributed by atoms with Gasteiger partial charge in [-0.1, -0.05) is 67.6 Å². The molecule has 2 aliphatic rings. The van der Waals surface area contributed by atoms with Gasteiger partial charge in [-0.25, -0.2) is 9.59 Å². The molecule has 3 aromatic rings. The Hall–Kier alpha value is -5.10. The van der Waals surface area contributed by atoms with Crippen molar-refractivity contribution in [3.63, 3.8) is 0 Å². The molecule has 68 heavy (non-hydrogen) atoms. The van der Waals surface area contributed by atoms with Crippen LogP contribution in [0.3, 0.4) is 0 Å². The van der Waals surface area contributed by atoms with Gasteiger partial charge in [0.2, 0.25) is 0 Å². The van der Waals surface area contributed by atoms with Crippen molar-refractivity contribution >= 4 is 29.8 Å². The smallest absolute Gasteiger partial charge is 0.410 e. The van der Waals surface area contributed by atoms with Gasteiger partial charge in [0.25, 0.3) is 0 Å². The second-order valence-electron chi connectivity index (χ2n) is 23.0. The Bertz CT molecular complexity index is 2160. The zero-order valence-corrected chi connectivity index (χ0v) is 43.5. The summed E-state index contributed by atoms with van der Waals surface area (Å²) < 4.78 is 23.3. The van der Waals surface area contributed by atoms with Crippen molar-refractivity contribution in [1.29, 1.82) is 0 Å². The Morgan fingerprint density at radius 1 is 0.574 bits per heavy atom. The van der Waals surface area contributed by atoms with E-state index >= 15 is 0 Å². The van der Waals surface area contributed by atoms with Crippen molar-refractivity contribution in [2.75, 3.05) is 44.6 Å². The average Bonchev–Trinajstić information content (AvgIpc) is 3.91. The van der Waals surface area contributed by atoms with Crippen molar-refractivity contribution < 1.29 is 38.1 Å². The first-order valence-corrected chi connectivity index (χ1v) is 24.8. The third-order valence-corrected chi connectivity index (χ3v) is 12.1. The third-order valence-electron chi connectivity index (χ3n) is 12.1. The van der Waals surface area contributed by atoms with Crippen LogP contribution in [0, 0.1) is 23.7 Å². The maximum atomic E-state index is 13.9. The molecule has 0 unspecified atom stereocenters. The standard InChI is InChI=1S/C56H82N4O8/c1-14-39-18-15-21-42(30-39)35-58(36-43-22-16-19-40(31-43)33-47(49(61)65-53(2,3)4)44-24-27-59(37-44)51(63)67-55(8,9)10)29-26-57-46-23-17-20-41(32-46)34-48(50(62)66-54(5,6)7)45-25-28-60(38-45)52(64)68-56(11,12)13/h15-23,30-32,44-45,47-48,57H,14,24-29,33-38H2,1-13H3/t44-,45-,47-,48-/m0/s1. The monoisotopic (exact) mass is 939 g/mol. The second kappa shape index (κ2) is 23.0. The summed E-state index contributed by atoms with van der Waals surface area (Å²) in [5.41, 5.74) is 4.24. The van der Waals surface area contributed by atoms with Crippen molar-refractivity contribution in [3.05, 3.63) is 101 Å². The van der Waals surface area contributed by atoms with Crippen LogP contribution in [0.2, 0.25) is 0 Å². The number of rotatable bonds is 17. The van der Waals surface area contributed by atoms with Gasteiger partial charge in [0.05, 0.1) is 11.8 Å². The predicted octanol–water partition coefficient (Wildman–Crippen LogP) is 10.9. The minimum Gasteiger partial charge on any atom is -0.460 e. The van der Waals surface area contributed by atoms with E-state index < -0.39 is 34.2 Å². The van der Waals surface area contributed by atoms with E-state index in [-0.39, 0.29) is 36.0 Å². The maximum absolute atomic E-state index is 13.9. The van der Waals surface area contributed by atoms with Crippen LogP contribution in [0.5, 0.6) is 0 Å². The summed E-state index contributed by atoms with van der Waals surface area (Å²) in [5.74, 6) is -1.46. The van der Waals surface area contributed by atoms with E-state index in [1.807, 2.05) is 89.2 Å². The number of benzene rings is 3. The lowest BCUT2D eigenvalue weighted by Gasteiger charge is -2.28. The first-order valence-electron chi connectivity index (χ1n) is 24.8. The van der Waals surface area contributed by atoms with E-state index in [0.717, 1.165) is 41.9 Å². The fourth-order valence-corrected chi connectivity index (χ4v) is 9.06. The summed E-state index contributed by atoms with van der Waals surface area (Å²) in [6.07, 6.45) is 2.64. The van der Waals surface area contributed by atoms with Gasteiger partial charge in [0.1, 0.15) is 22.4 Å². The zero-order chi connectivity index (χ0) is 50.0. The van der Waals surface area contributed by atoms with E-state index in [1.165, 1.54) is 11.1 Å². The van der Waals surface area contributed by atoms with Crippen LogP contribution >= 0.6 is 0 Å². The lowest BCUT2D eigenvalue weighted by Crippen LogP contribution is -2.38. The van der Waals surface area contributed by atoms with Gasteiger partial charge in [0.15, 0.2) is 0 Å². The number of hydrogen-bond acceptors (Lipinski definition) is 10. The Morgan fingerprint density at radius 3 is 1.41 bits per heavy atom. The Morgan fingerprint density at radius 2 is 0.971 bits per heavy atom. The number of nitrogens with one attached hydrogen (secondary N) is 1. The molecular formula is C56H82N4O8. The molecule has 2 heterocycles. The third kappa shape index (κ3) is 17.8. The van der Waals surface area contributed by atoms with Gasteiger partial charge in [-0.3, -0.25) is 14.5 Å². The zero-order valence-electron chi connectivity index (χ0n) is 43.5. The highest BCUT2D eigenvalue weighted by molar-refractivity contribution is 5.75. The molecule has 0 aromatic heterocycles. The summed E-state index contributed by atoms with van der Waals surface area (Å²) in [4.78, 5) is 59.6. The highest BCUT2D eigenvalue weighted by Crippen LogP contribution is 2.33. The molecule has 2 amide bonds. The Balaban J connectivity index is 1.30. The fourth-order valence-electron chi connectivity index (χ4n) is 9.06. The Kier molecular flexibility index (Phi) is 18.2. The quantitative estimate of drug-likeness (QED) is 0.103. The molecular weight excluding hydrogens is 857 g/mol. The van der Waals surface area contributed by atoms with Gasteiger partial charge in [-0.05, 0) is 167 Å². The SMILES string of the molecule is CCc1cccc(CN(CCNc2cccc(C[C@H](C(=O)OC(C)(C)C)[C@H]3CCN(C(=O)OC(C)(C)C)C3)c2)Cc2cccc(C[C@H](C(=O)OC(C)(C)C)[C@H]3CCN(C(=O)OC(C)(C)C)C3)c2)c1. The van der Waals surface area contributed by atoms with Crippen molar-refractivity contribution in [1.82, 2.24) is 14.7 Å². The number of carbonyl (C=O) groups excluding carboxylic acids is 4. The molecule has 3 aromatic carbocycles. The van der Waals surface area contributed by atoms with Crippen LogP contribution in [-0.2, 0) is 60.9 Å². The van der Waals surface area contributed by atoms with Crippen LogP contribution in [0.1, 0.15) is 131 Å². The Labute approximate surface area is 407 Å². The lowest BCUT2D eigenvalue weighted by atomic mass is 9.85. The molecule has 2 saturated heterocycles.